The molecule has 0 bridgehead atoms. The number of rotatable bonds is 6. The number of carbonyl (C=O) groups excluding carboxylic acids is 2. The number of carbonyl (C=O) groups is 2. The number of anilines is 1. The summed E-state index contributed by atoms with van der Waals surface area (Å²) in [6.45, 7) is 2.69. The number of H-pyrrole nitrogens is 1. The zero-order valence-electron chi connectivity index (χ0n) is 17.1. The first-order valence-corrected chi connectivity index (χ1v) is 9.65. The van der Waals surface area contributed by atoms with Gasteiger partial charge >= 0.3 is 11.7 Å². The van der Waals surface area contributed by atoms with Crippen molar-refractivity contribution in [2.24, 2.45) is 0 Å². The standard InChI is InChI=1S/C19H24N6O5/c1-4-30-19(27)13-7-8-20-17(16(13)25(28)29)24-9-5-6-12(11-24)15-14(10-21-22-15)18(26)23(2)3/h7-8,10,12H,4-6,9,11H2,1-3H3,(H,21,22). The molecule has 3 rings (SSSR count). The van der Waals surface area contributed by atoms with Gasteiger partial charge in [0.05, 0.1) is 29.0 Å². The normalized spacial score (nSPS) is 16.2. The monoisotopic (exact) mass is 416 g/mol. The molecule has 1 atom stereocenters. The van der Waals surface area contributed by atoms with E-state index in [0.29, 0.717) is 24.3 Å². The quantitative estimate of drug-likeness (QED) is 0.429. The van der Waals surface area contributed by atoms with E-state index < -0.39 is 10.9 Å². The highest BCUT2D eigenvalue weighted by atomic mass is 16.6. The summed E-state index contributed by atoms with van der Waals surface area (Å²) in [6, 6.07) is 1.30. The number of aromatic nitrogens is 3. The van der Waals surface area contributed by atoms with Gasteiger partial charge in [-0.1, -0.05) is 0 Å². The molecule has 1 unspecified atom stereocenters. The Kier molecular flexibility index (Phi) is 6.28. The van der Waals surface area contributed by atoms with Crippen LogP contribution < -0.4 is 4.90 Å². The SMILES string of the molecule is CCOC(=O)c1ccnc(N2CCCC(c3[nH]ncc3C(=O)N(C)C)C2)c1[N+](=O)[O-]. The van der Waals surface area contributed by atoms with Crippen LogP contribution in [0.5, 0.6) is 0 Å². The van der Waals surface area contributed by atoms with Crippen molar-refractivity contribution in [2.45, 2.75) is 25.7 Å². The van der Waals surface area contributed by atoms with Gasteiger partial charge in [0, 0.05) is 39.3 Å². The highest BCUT2D eigenvalue weighted by molar-refractivity contribution is 5.96. The van der Waals surface area contributed by atoms with E-state index in [1.165, 1.54) is 23.4 Å². The zero-order chi connectivity index (χ0) is 21.8. The topological polar surface area (TPSA) is 135 Å². The van der Waals surface area contributed by atoms with Crippen molar-refractivity contribution in [1.29, 1.82) is 0 Å². The molecule has 0 aromatic carbocycles. The maximum absolute atomic E-state index is 12.4. The van der Waals surface area contributed by atoms with Gasteiger partial charge in [-0.15, -0.1) is 0 Å². The van der Waals surface area contributed by atoms with E-state index in [1.807, 2.05) is 0 Å². The van der Waals surface area contributed by atoms with Crippen molar-refractivity contribution in [3.63, 3.8) is 0 Å². The molecule has 0 radical (unpaired) electrons. The highest BCUT2D eigenvalue weighted by Crippen LogP contribution is 2.35. The second kappa shape index (κ2) is 8.89. The van der Waals surface area contributed by atoms with Crippen LogP contribution in [-0.2, 0) is 4.74 Å². The van der Waals surface area contributed by atoms with Crippen molar-refractivity contribution >= 4 is 23.4 Å². The van der Waals surface area contributed by atoms with Crippen LogP contribution in [0.1, 0.15) is 52.1 Å². The minimum absolute atomic E-state index is 0.0900. The summed E-state index contributed by atoms with van der Waals surface area (Å²) in [6.07, 6.45) is 4.40. The summed E-state index contributed by atoms with van der Waals surface area (Å²) in [5, 5.41) is 18.7. The average Bonchev–Trinajstić information content (AvgIpc) is 3.22. The summed E-state index contributed by atoms with van der Waals surface area (Å²) in [5.74, 6) is -0.888. The number of aromatic amines is 1. The minimum atomic E-state index is -0.756. The molecule has 1 amide bonds. The second-order valence-electron chi connectivity index (χ2n) is 7.19. The van der Waals surface area contributed by atoms with Crippen LogP contribution in [0.4, 0.5) is 11.5 Å². The lowest BCUT2D eigenvalue weighted by molar-refractivity contribution is -0.384. The molecule has 0 saturated carbocycles. The average molecular weight is 416 g/mol. The zero-order valence-corrected chi connectivity index (χ0v) is 17.1. The third-order valence-corrected chi connectivity index (χ3v) is 5.02. The van der Waals surface area contributed by atoms with Gasteiger partial charge in [0.15, 0.2) is 0 Å². The largest absolute Gasteiger partial charge is 0.462 e. The van der Waals surface area contributed by atoms with Gasteiger partial charge in [0.25, 0.3) is 5.91 Å². The first-order valence-electron chi connectivity index (χ1n) is 9.65. The fraction of sp³-hybridized carbons (Fsp3) is 0.474. The Hall–Kier alpha value is -3.50. The van der Waals surface area contributed by atoms with Gasteiger partial charge < -0.3 is 14.5 Å². The molecule has 30 heavy (non-hydrogen) atoms. The van der Waals surface area contributed by atoms with E-state index in [4.69, 9.17) is 4.74 Å². The minimum Gasteiger partial charge on any atom is -0.462 e. The van der Waals surface area contributed by atoms with Crippen molar-refractivity contribution in [1.82, 2.24) is 20.1 Å². The number of ether oxygens (including phenoxy) is 1. The van der Waals surface area contributed by atoms with Gasteiger partial charge in [0.1, 0.15) is 5.56 Å². The molecule has 0 spiro atoms. The van der Waals surface area contributed by atoms with Crippen LogP contribution in [0.2, 0.25) is 0 Å². The van der Waals surface area contributed by atoms with E-state index in [0.717, 1.165) is 12.8 Å². The summed E-state index contributed by atoms with van der Waals surface area (Å²) in [7, 11) is 3.33. The van der Waals surface area contributed by atoms with Crippen LogP contribution in [0, 0.1) is 10.1 Å². The van der Waals surface area contributed by atoms with Crippen molar-refractivity contribution in [3.05, 3.63) is 45.4 Å². The Morgan fingerprint density at radius 2 is 2.17 bits per heavy atom. The molecule has 2 aromatic rings. The molecular weight excluding hydrogens is 392 g/mol. The predicted octanol–water partition coefficient (Wildman–Crippen LogP) is 1.98. The molecule has 3 heterocycles. The van der Waals surface area contributed by atoms with Crippen LogP contribution in [0.15, 0.2) is 18.5 Å². The predicted molar refractivity (Wildman–Crippen MR) is 108 cm³/mol. The Balaban J connectivity index is 1.94. The molecule has 1 aliphatic rings. The number of esters is 1. The smallest absolute Gasteiger partial charge is 0.345 e. The Labute approximate surface area is 173 Å². The number of nitrogens with one attached hydrogen (secondary N) is 1. The fourth-order valence-corrected chi connectivity index (χ4v) is 3.65. The Morgan fingerprint density at radius 3 is 2.83 bits per heavy atom. The number of pyridine rings is 1. The highest BCUT2D eigenvalue weighted by Gasteiger charge is 2.34. The number of nitrogens with zero attached hydrogens (tertiary/aromatic N) is 5. The molecule has 1 fully saturated rings. The van der Waals surface area contributed by atoms with Crippen LogP contribution in [0.25, 0.3) is 0 Å². The van der Waals surface area contributed by atoms with E-state index in [-0.39, 0.29) is 35.5 Å². The van der Waals surface area contributed by atoms with Gasteiger partial charge in [-0.05, 0) is 25.8 Å². The van der Waals surface area contributed by atoms with Gasteiger partial charge in [0.2, 0.25) is 5.82 Å². The number of amides is 1. The number of hydrogen-bond acceptors (Lipinski definition) is 8. The number of piperidine rings is 1. The first kappa shape index (κ1) is 21.2. The number of hydrogen-bond donors (Lipinski definition) is 1. The second-order valence-corrected chi connectivity index (χ2v) is 7.19. The molecule has 0 aliphatic carbocycles. The van der Waals surface area contributed by atoms with E-state index in [2.05, 4.69) is 15.2 Å². The molecule has 11 nitrogen and oxygen atoms in total. The molecule has 160 valence electrons. The molecular formula is C19H24N6O5. The third-order valence-electron chi connectivity index (χ3n) is 5.02. The molecule has 2 aromatic heterocycles. The van der Waals surface area contributed by atoms with Crippen LogP contribution in [-0.4, -0.2) is 70.7 Å². The Bertz CT molecular complexity index is 957. The first-order chi connectivity index (χ1) is 14.3. The van der Waals surface area contributed by atoms with Crippen molar-refractivity contribution in [2.75, 3.05) is 38.7 Å². The summed E-state index contributed by atoms with van der Waals surface area (Å²) in [4.78, 5) is 43.3. The lowest BCUT2D eigenvalue weighted by atomic mass is 9.92. The Morgan fingerprint density at radius 1 is 1.40 bits per heavy atom. The maximum Gasteiger partial charge on any atom is 0.345 e. The molecule has 1 saturated heterocycles. The van der Waals surface area contributed by atoms with E-state index in [9.17, 15) is 19.7 Å². The fourth-order valence-electron chi connectivity index (χ4n) is 3.65. The lowest BCUT2D eigenvalue weighted by Crippen LogP contribution is -2.36. The van der Waals surface area contributed by atoms with Gasteiger partial charge in [-0.3, -0.25) is 20.0 Å². The summed E-state index contributed by atoms with van der Waals surface area (Å²) in [5.41, 5.74) is 0.682. The lowest BCUT2D eigenvalue weighted by Gasteiger charge is -2.33. The number of nitro groups is 1. The van der Waals surface area contributed by atoms with E-state index in [1.54, 1.807) is 25.9 Å². The molecule has 1 aliphatic heterocycles. The van der Waals surface area contributed by atoms with Gasteiger partial charge in [-0.25, -0.2) is 9.78 Å². The van der Waals surface area contributed by atoms with E-state index >= 15 is 0 Å². The maximum atomic E-state index is 12.4. The molecule has 1 N–H and O–H groups in total. The van der Waals surface area contributed by atoms with Crippen molar-refractivity contribution < 1.29 is 19.2 Å². The van der Waals surface area contributed by atoms with Crippen LogP contribution in [0.3, 0.4) is 0 Å². The summed E-state index contributed by atoms with van der Waals surface area (Å²) < 4.78 is 4.96. The van der Waals surface area contributed by atoms with Crippen molar-refractivity contribution in [3.8, 4) is 0 Å². The molecule has 11 heteroatoms. The van der Waals surface area contributed by atoms with Gasteiger partial charge in [-0.2, -0.15) is 5.10 Å². The third kappa shape index (κ3) is 4.09. The van der Waals surface area contributed by atoms with Crippen LogP contribution >= 0.6 is 0 Å². The summed E-state index contributed by atoms with van der Waals surface area (Å²) >= 11 is 0.